The molecular formula is C14H30N2O. The summed E-state index contributed by atoms with van der Waals surface area (Å²) in [6, 6.07) is 0.646. The van der Waals surface area contributed by atoms with Crippen LogP contribution in [0.1, 0.15) is 46.0 Å². The number of nitrogens with zero attached hydrogens (tertiary/aromatic N) is 1. The lowest BCUT2D eigenvalue weighted by Gasteiger charge is -2.26. The standard InChI is InChI=1S/C14H30N2O/c1-4-9-15-10-6-5-7-11-16(3)14-8-12-17-13(14)2/h13-15H,4-12H2,1-3H3. The second kappa shape index (κ2) is 8.90. The normalized spacial score (nSPS) is 24.7. The minimum Gasteiger partial charge on any atom is -0.377 e. The molecule has 1 heterocycles. The first-order chi connectivity index (χ1) is 8.25. The number of nitrogens with one attached hydrogen (secondary N) is 1. The smallest absolute Gasteiger partial charge is 0.0702 e. The summed E-state index contributed by atoms with van der Waals surface area (Å²) in [4.78, 5) is 2.48. The molecule has 0 aromatic rings. The highest BCUT2D eigenvalue weighted by Crippen LogP contribution is 2.18. The van der Waals surface area contributed by atoms with Crippen molar-refractivity contribution in [3.63, 3.8) is 0 Å². The first-order valence-corrected chi connectivity index (χ1v) is 7.28. The molecule has 0 aliphatic carbocycles. The van der Waals surface area contributed by atoms with Crippen LogP contribution in [-0.2, 0) is 4.74 Å². The van der Waals surface area contributed by atoms with E-state index >= 15 is 0 Å². The molecule has 1 aliphatic rings. The molecule has 17 heavy (non-hydrogen) atoms. The van der Waals surface area contributed by atoms with Gasteiger partial charge in [0.1, 0.15) is 0 Å². The fourth-order valence-electron chi connectivity index (χ4n) is 2.55. The lowest BCUT2D eigenvalue weighted by Crippen LogP contribution is -2.37. The average molecular weight is 242 g/mol. The highest BCUT2D eigenvalue weighted by atomic mass is 16.5. The monoisotopic (exact) mass is 242 g/mol. The van der Waals surface area contributed by atoms with Crippen molar-refractivity contribution in [1.29, 1.82) is 0 Å². The van der Waals surface area contributed by atoms with Gasteiger partial charge >= 0.3 is 0 Å². The van der Waals surface area contributed by atoms with Gasteiger partial charge in [-0.25, -0.2) is 0 Å². The van der Waals surface area contributed by atoms with Crippen LogP contribution in [0.5, 0.6) is 0 Å². The third-order valence-corrected chi connectivity index (χ3v) is 3.69. The minimum atomic E-state index is 0.422. The van der Waals surface area contributed by atoms with Gasteiger partial charge in [-0.2, -0.15) is 0 Å². The summed E-state index contributed by atoms with van der Waals surface area (Å²) in [5.41, 5.74) is 0. The Morgan fingerprint density at radius 3 is 2.71 bits per heavy atom. The van der Waals surface area contributed by atoms with E-state index in [0.717, 1.165) is 13.2 Å². The molecule has 102 valence electrons. The first kappa shape index (κ1) is 14.9. The molecule has 0 aromatic carbocycles. The molecule has 0 aromatic heterocycles. The lowest BCUT2D eigenvalue weighted by atomic mass is 10.1. The predicted molar refractivity (Wildman–Crippen MR) is 73.5 cm³/mol. The summed E-state index contributed by atoms with van der Waals surface area (Å²) in [6.45, 7) is 8.91. The largest absolute Gasteiger partial charge is 0.377 e. The molecule has 1 rings (SSSR count). The highest BCUT2D eigenvalue weighted by Gasteiger charge is 2.27. The number of hydrogen-bond acceptors (Lipinski definition) is 3. The quantitative estimate of drug-likeness (QED) is 0.628. The lowest BCUT2D eigenvalue weighted by molar-refractivity contribution is 0.0831. The molecule has 0 saturated carbocycles. The van der Waals surface area contributed by atoms with E-state index in [-0.39, 0.29) is 0 Å². The van der Waals surface area contributed by atoms with Crippen LogP contribution in [0.2, 0.25) is 0 Å². The van der Waals surface area contributed by atoms with Crippen LogP contribution >= 0.6 is 0 Å². The molecule has 0 bridgehead atoms. The Hall–Kier alpha value is -0.120. The summed E-state index contributed by atoms with van der Waals surface area (Å²) < 4.78 is 5.61. The zero-order chi connectivity index (χ0) is 12.5. The van der Waals surface area contributed by atoms with E-state index in [1.165, 1.54) is 45.2 Å². The maximum absolute atomic E-state index is 5.61. The van der Waals surface area contributed by atoms with Crippen molar-refractivity contribution in [3.05, 3.63) is 0 Å². The van der Waals surface area contributed by atoms with Gasteiger partial charge in [-0.15, -0.1) is 0 Å². The molecule has 2 unspecified atom stereocenters. The van der Waals surface area contributed by atoms with Crippen LogP contribution in [0.15, 0.2) is 0 Å². The molecule has 0 amide bonds. The van der Waals surface area contributed by atoms with E-state index in [9.17, 15) is 0 Å². The van der Waals surface area contributed by atoms with Crippen molar-refractivity contribution < 1.29 is 4.74 Å². The van der Waals surface area contributed by atoms with Crippen molar-refractivity contribution in [2.45, 2.75) is 58.1 Å². The zero-order valence-electron chi connectivity index (χ0n) is 11.9. The molecule has 3 heteroatoms. The van der Waals surface area contributed by atoms with Crippen LogP contribution in [0.3, 0.4) is 0 Å². The molecule has 2 atom stereocenters. The zero-order valence-corrected chi connectivity index (χ0v) is 11.9. The number of hydrogen-bond donors (Lipinski definition) is 1. The average Bonchev–Trinajstić information content (AvgIpc) is 2.74. The first-order valence-electron chi connectivity index (χ1n) is 7.28. The van der Waals surface area contributed by atoms with Crippen LogP contribution in [-0.4, -0.2) is 50.3 Å². The number of ether oxygens (including phenoxy) is 1. The van der Waals surface area contributed by atoms with E-state index in [0.29, 0.717) is 12.1 Å². The van der Waals surface area contributed by atoms with Crippen molar-refractivity contribution in [1.82, 2.24) is 10.2 Å². The number of rotatable bonds is 9. The van der Waals surface area contributed by atoms with Gasteiger partial charge in [0.25, 0.3) is 0 Å². The van der Waals surface area contributed by atoms with Gasteiger partial charge in [0.05, 0.1) is 6.10 Å². The maximum Gasteiger partial charge on any atom is 0.0702 e. The Labute approximate surface area is 107 Å². The van der Waals surface area contributed by atoms with Gasteiger partial charge in [-0.3, -0.25) is 0 Å². The Morgan fingerprint density at radius 2 is 2.06 bits per heavy atom. The maximum atomic E-state index is 5.61. The van der Waals surface area contributed by atoms with E-state index in [1.807, 2.05) is 0 Å². The van der Waals surface area contributed by atoms with Gasteiger partial charge in [0, 0.05) is 12.6 Å². The fourth-order valence-corrected chi connectivity index (χ4v) is 2.55. The predicted octanol–water partition coefficient (Wildman–Crippen LogP) is 2.27. The molecule has 1 N–H and O–H groups in total. The molecule has 1 aliphatic heterocycles. The van der Waals surface area contributed by atoms with Gasteiger partial charge in [0.15, 0.2) is 0 Å². The van der Waals surface area contributed by atoms with Gasteiger partial charge in [-0.05, 0) is 59.3 Å². The van der Waals surface area contributed by atoms with E-state index in [1.54, 1.807) is 0 Å². The molecule has 0 radical (unpaired) electrons. The summed E-state index contributed by atoms with van der Waals surface area (Å²) in [7, 11) is 2.24. The second-order valence-corrected chi connectivity index (χ2v) is 5.22. The topological polar surface area (TPSA) is 24.5 Å². The van der Waals surface area contributed by atoms with Gasteiger partial charge in [-0.1, -0.05) is 13.3 Å². The molecule has 3 nitrogen and oxygen atoms in total. The highest BCUT2D eigenvalue weighted by molar-refractivity contribution is 4.80. The molecular weight excluding hydrogens is 212 g/mol. The third kappa shape index (κ3) is 5.84. The Bertz CT molecular complexity index is 187. The van der Waals surface area contributed by atoms with Crippen LogP contribution in [0.4, 0.5) is 0 Å². The SMILES string of the molecule is CCCNCCCCCN(C)C1CCOC1C. The van der Waals surface area contributed by atoms with Crippen molar-refractivity contribution in [3.8, 4) is 0 Å². The third-order valence-electron chi connectivity index (χ3n) is 3.69. The van der Waals surface area contributed by atoms with Gasteiger partial charge < -0.3 is 15.0 Å². The Balaban J connectivity index is 1.95. The number of unbranched alkanes of at least 4 members (excludes halogenated alkanes) is 2. The van der Waals surface area contributed by atoms with Crippen LogP contribution < -0.4 is 5.32 Å². The molecule has 1 fully saturated rings. The Kier molecular flexibility index (Phi) is 7.82. The molecule has 0 spiro atoms. The van der Waals surface area contributed by atoms with Crippen LogP contribution in [0.25, 0.3) is 0 Å². The van der Waals surface area contributed by atoms with Crippen molar-refractivity contribution >= 4 is 0 Å². The second-order valence-electron chi connectivity index (χ2n) is 5.22. The van der Waals surface area contributed by atoms with E-state index < -0.39 is 0 Å². The number of likely N-dealkylation sites (N-methyl/N-ethyl adjacent to an activating group) is 1. The van der Waals surface area contributed by atoms with Crippen molar-refractivity contribution in [2.75, 3.05) is 33.3 Å². The van der Waals surface area contributed by atoms with Crippen molar-refractivity contribution in [2.24, 2.45) is 0 Å². The molecule has 1 saturated heterocycles. The van der Waals surface area contributed by atoms with Crippen LogP contribution in [0, 0.1) is 0 Å². The summed E-state index contributed by atoms with van der Waals surface area (Å²) in [6.07, 6.45) is 6.82. The summed E-state index contributed by atoms with van der Waals surface area (Å²) >= 11 is 0. The minimum absolute atomic E-state index is 0.422. The fraction of sp³-hybridized carbons (Fsp3) is 1.00. The van der Waals surface area contributed by atoms with E-state index in [2.05, 4.69) is 31.1 Å². The van der Waals surface area contributed by atoms with E-state index in [4.69, 9.17) is 4.74 Å². The summed E-state index contributed by atoms with van der Waals surface area (Å²) in [5, 5.41) is 3.45. The Morgan fingerprint density at radius 1 is 1.24 bits per heavy atom. The van der Waals surface area contributed by atoms with Gasteiger partial charge in [0.2, 0.25) is 0 Å². The summed E-state index contributed by atoms with van der Waals surface area (Å²) in [5.74, 6) is 0.